The number of benzene rings is 1. The lowest BCUT2D eigenvalue weighted by atomic mass is 10.3. The van der Waals surface area contributed by atoms with E-state index in [1.165, 1.54) is 0 Å². The molecule has 2 unspecified atom stereocenters. The molecule has 0 fully saturated rings. The van der Waals surface area contributed by atoms with Crippen molar-refractivity contribution in [1.82, 2.24) is 0 Å². The predicted octanol–water partition coefficient (Wildman–Crippen LogP) is 5.09. The fraction of sp³-hybridized carbons (Fsp3) is 0.400. The van der Waals surface area contributed by atoms with Gasteiger partial charge in [-0.15, -0.1) is 0 Å². The zero-order valence-corrected chi connectivity index (χ0v) is 12.5. The average Bonchev–Trinajstić information content (AvgIpc) is 2.34. The molecule has 10 heteroatoms. The Morgan fingerprint density at radius 1 is 0.700 bits per heavy atom. The molecule has 0 aliphatic carbocycles. The summed E-state index contributed by atoms with van der Waals surface area (Å²) in [4.78, 5) is 0. The minimum Gasteiger partial charge on any atom is -0.453 e. The second-order valence-corrected chi connectivity index (χ2v) is 5.03. The Balaban J connectivity index is 2.91. The first-order valence-electron chi connectivity index (χ1n) is 4.89. The first-order chi connectivity index (χ1) is 9.22. The van der Waals surface area contributed by atoms with Crippen molar-refractivity contribution in [2.45, 2.75) is 25.6 Å². The van der Waals surface area contributed by atoms with Gasteiger partial charge in [-0.1, -0.05) is 0 Å². The molecule has 1 aromatic rings. The SMILES string of the molecule is FC(F)C(F)Oc1cc(Br)c(OC(F)C(F)F)cc1Br. The number of ether oxygens (including phenoxy) is 2. The Bertz CT molecular complexity index is 418. The first kappa shape index (κ1) is 17.4. The summed E-state index contributed by atoms with van der Waals surface area (Å²) in [6, 6.07) is 1.96. The quantitative estimate of drug-likeness (QED) is 0.584. The Morgan fingerprint density at radius 3 is 1.25 bits per heavy atom. The zero-order chi connectivity index (χ0) is 15.4. The lowest BCUT2D eigenvalue weighted by Crippen LogP contribution is -2.20. The third kappa shape index (κ3) is 4.72. The second-order valence-electron chi connectivity index (χ2n) is 3.32. The topological polar surface area (TPSA) is 18.5 Å². The molecule has 114 valence electrons. The molecule has 0 heterocycles. The van der Waals surface area contributed by atoms with Crippen molar-refractivity contribution in [3.05, 3.63) is 21.1 Å². The van der Waals surface area contributed by atoms with Crippen LogP contribution in [0.25, 0.3) is 0 Å². The van der Waals surface area contributed by atoms with Crippen molar-refractivity contribution in [2.75, 3.05) is 0 Å². The van der Waals surface area contributed by atoms with Gasteiger partial charge >= 0.3 is 12.9 Å². The van der Waals surface area contributed by atoms with Crippen LogP contribution >= 0.6 is 31.9 Å². The van der Waals surface area contributed by atoms with Gasteiger partial charge in [-0.2, -0.15) is 8.78 Å². The van der Waals surface area contributed by atoms with E-state index in [9.17, 15) is 26.3 Å². The van der Waals surface area contributed by atoms with Crippen molar-refractivity contribution < 1.29 is 35.8 Å². The summed E-state index contributed by atoms with van der Waals surface area (Å²) in [5, 5.41) is 0. The molecule has 20 heavy (non-hydrogen) atoms. The minimum absolute atomic E-state index is 0.0690. The first-order valence-corrected chi connectivity index (χ1v) is 6.47. The van der Waals surface area contributed by atoms with Crippen LogP contribution in [0.5, 0.6) is 11.5 Å². The Kier molecular flexibility index (Phi) is 6.44. The van der Waals surface area contributed by atoms with E-state index >= 15 is 0 Å². The van der Waals surface area contributed by atoms with E-state index in [4.69, 9.17) is 0 Å². The highest BCUT2D eigenvalue weighted by Gasteiger charge is 2.25. The van der Waals surface area contributed by atoms with Gasteiger partial charge in [0.25, 0.3) is 12.7 Å². The maximum absolute atomic E-state index is 12.7. The smallest absolute Gasteiger partial charge is 0.304 e. The molecule has 0 aromatic heterocycles. The molecule has 2 atom stereocenters. The molecule has 0 saturated carbocycles. The van der Waals surface area contributed by atoms with Crippen LogP contribution in [0.1, 0.15) is 0 Å². The van der Waals surface area contributed by atoms with E-state index in [1.807, 2.05) is 0 Å². The van der Waals surface area contributed by atoms with Gasteiger partial charge in [-0.05, 0) is 44.0 Å². The van der Waals surface area contributed by atoms with Crippen molar-refractivity contribution in [2.24, 2.45) is 0 Å². The van der Waals surface area contributed by atoms with E-state index in [0.29, 0.717) is 0 Å². The maximum Gasteiger partial charge on any atom is 0.304 e. The van der Waals surface area contributed by atoms with Crippen LogP contribution in [0.15, 0.2) is 21.1 Å². The van der Waals surface area contributed by atoms with E-state index in [1.54, 1.807) is 0 Å². The molecule has 0 radical (unpaired) electrons. The van der Waals surface area contributed by atoms with Gasteiger partial charge in [0.1, 0.15) is 11.5 Å². The van der Waals surface area contributed by atoms with Gasteiger partial charge in [0.2, 0.25) is 0 Å². The van der Waals surface area contributed by atoms with Gasteiger partial charge in [0, 0.05) is 0 Å². The molecule has 0 bridgehead atoms. The van der Waals surface area contributed by atoms with Crippen molar-refractivity contribution >= 4 is 31.9 Å². The van der Waals surface area contributed by atoms with Crippen LogP contribution in [0.2, 0.25) is 0 Å². The van der Waals surface area contributed by atoms with Crippen molar-refractivity contribution in [3.63, 3.8) is 0 Å². The highest BCUT2D eigenvalue weighted by molar-refractivity contribution is 9.11. The lowest BCUT2D eigenvalue weighted by molar-refractivity contribution is -0.0692. The fourth-order valence-electron chi connectivity index (χ4n) is 1.04. The number of hydrogen-bond acceptors (Lipinski definition) is 2. The van der Waals surface area contributed by atoms with Gasteiger partial charge in [0.15, 0.2) is 0 Å². The van der Waals surface area contributed by atoms with Crippen molar-refractivity contribution in [3.8, 4) is 11.5 Å². The summed E-state index contributed by atoms with van der Waals surface area (Å²) in [7, 11) is 0. The van der Waals surface area contributed by atoms with Crippen LogP contribution < -0.4 is 9.47 Å². The second kappa shape index (κ2) is 7.39. The summed E-state index contributed by atoms with van der Waals surface area (Å²) < 4.78 is 82.0. The standard InChI is InChI=1S/C10H6Br2F6O2/c11-3-1-5(19-9(17)7(13)14)4(12)2-6(3)20-10(18)8(15)16/h1-2,7-10H. The molecule has 0 N–H and O–H groups in total. The summed E-state index contributed by atoms with van der Waals surface area (Å²) in [5.74, 6) is -0.658. The third-order valence-corrected chi connectivity index (χ3v) is 3.10. The minimum atomic E-state index is -3.36. The molecule has 1 rings (SSSR count). The molecular formula is C10H6Br2F6O2. The van der Waals surface area contributed by atoms with Crippen LogP contribution in [-0.4, -0.2) is 25.6 Å². The van der Waals surface area contributed by atoms with Crippen LogP contribution in [-0.2, 0) is 0 Å². The summed E-state index contributed by atoms with van der Waals surface area (Å²) in [6.45, 7) is 0. The molecule has 1 aromatic carbocycles. The molecule has 0 saturated heterocycles. The van der Waals surface area contributed by atoms with E-state index in [2.05, 4.69) is 41.3 Å². The summed E-state index contributed by atoms with van der Waals surface area (Å²) in [5.41, 5.74) is 0. The van der Waals surface area contributed by atoms with Gasteiger partial charge in [0.05, 0.1) is 8.95 Å². The number of alkyl halides is 6. The van der Waals surface area contributed by atoms with Crippen LogP contribution in [0, 0.1) is 0 Å². The molecule has 0 amide bonds. The number of halogens is 8. The largest absolute Gasteiger partial charge is 0.453 e. The fourth-order valence-corrected chi connectivity index (χ4v) is 1.87. The van der Waals surface area contributed by atoms with E-state index < -0.39 is 25.6 Å². The highest BCUT2D eigenvalue weighted by Crippen LogP contribution is 2.38. The Hall–Kier alpha value is -0.640. The molecule has 0 aliphatic heterocycles. The normalized spacial score (nSPS) is 14.5. The van der Waals surface area contributed by atoms with E-state index in [0.717, 1.165) is 12.1 Å². The van der Waals surface area contributed by atoms with E-state index in [-0.39, 0.29) is 20.4 Å². The van der Waals surface area contributed by atoms with Crippen LogP contribution in [0.3, 0.4) is 0 Å². The third-order valence-electron chi connectivity index (χ3n) is 1.86. The van der Waals surface area contributed by atoms with Gasteiger partial charge in [-0.3, -0.25) is 0 Å². The highest BCUT2D eigenvalue weighted by atomic mass is 79.9. The van der Waals surface area contributed by atoms with Crippen molar-refractivity contribution in [1.29, 1.82) is 0 Å². The van der Waals surface area contributed by atoms with Gasteiger partial charge < -0.3 is 9.47 Å². The maximum atomic E-state index is 12.7. The Labute approximate surface area is 126 Å². The average molecular weight is 432 g/mol. The number of rotatable bonds is 6. The lowest BCUT2D eigenvalue weighted by Gasteiger charge is -2.16. The Morgan fingerprint density at radius 2 is 1.00 bits per heavy atom. The van der Waals surface area contributed by atoms with Gasteiger partial charge in [-0.25, -0.2) is 17.6 Å². The zero-order valence-electron chi connectivity index (χ0n) is 9.30. The summed E-state index contributed by atoms with van der Waals surface area (Å²) in [6.07, 6.45) is -12.4. The molecule has 2 nitrogen and oxygen atoms in total. The monoisotopic (exact) mass is 430 g/mol. The van der Waals surface area contributed by atoms with Crippen LogP contribution in [0.4, 0.5) is 26.3 Å². The summed E-state index contributed by atoms with van der Waals surface area (Å²) >= 11 is 5.68. The molecule has 0 aliphatic rings. The molecular weight excluding hydrogens is 426 g/mol. The predicted molar refractivity (Wildman–Crippen MR) is 64.9 cm³/mol. The number of hydrogen-bond donors (Lipinski definition) is 0. The molecule has 0 spiro atoms.